The third-order valence-corrected chi connectivity index (χ3v) is 3.58. The number of hydrogen-bond acceptors (Lipinski definition) is 4. The van der Waals surface area contributed by atoms with Gasteiger partial charge in [0.2, 0.25) is 0 Å². The van der Waals surface area contributed by atoms with E-state index in [1.165, 1.54) is 12.1 Å². The van der Waals surface area contributed by atoms with Crippen molar-refractivity contribution in [3.05, 3.63) is 32.3 Å². The van der Waals surface area contributed by atoms with Crippen LogP contribution in [-0.2, 0) is 4.79 Å². The van der Waals surface area contributed by atoms with Crippen LogP contribution >= 0.6 is 23.2 Å². The summed E-state index contributed by atoms with van der Waals surface area (Å²) >= 11 is 12.0. The number of hydrogen-bond donors (Lipinski definition) is 2. The summed E-state index contributed by atoms with van der Waals surface area (Å²) in [6.07, 6.45) is -0.132. The van der Waals surface area contributed by atoms with Gasteiger partial charge in [-0.2, -0.15) is 0 Å². The highest BCUT2D eigenvalue weighted by atomic mass is 35.5. The fourth-order valence-corrected chi connectivity index (χ4v) is 2.31. The van der Waals surface area contributed by atoms with Gasteiger partial charge in [0, 0.05) is 18.2 Å². The highest BCUT2D eigenvalue weighted by Gasteiger charge is 2.28. The van der Waals surface area contributed by atoms with E-state index in [2.05, 4.69) is 5.32 Å². The topological polar surface area (TPSA) is 92.5 Å². The smallest absolute Gasteiger partial charge is 0.305 e. The molecule has 1 rings (SSSR count). The fraction of sp³-hybridized carbons (Fsp3) is 0.462. The van der Waals surface area contributed by atoms with E-state index in [0.29, 0.717) is 5.69 Å². The minimum absolute atomic E-state index is 0.0776. The third-order valence-electron chi connectivity index (χ3n) is 2.98. The lowest BCUT2D eigenvalue weighted by Crippen LogP contribution is -2.36. The molecule has 0 saturated heterocycles. The lowest BCUT2D eigenvalue weighted by atomic mass is 9.84. The van der Waals surface area contributed by atoms with Crippen LogP contribution in [0.3, 0.4) is 0 Å². The van der Waals surface area contributed by atoms with Crippen molar-refractivity contribution in [2.45, 2.75) is 33.2 Å². The van der Waals surface area contributed by atoms with Crippen molar-refractivity contribution in [3.63, 3.8) is 0 Å². The Morgan fingerprint density at radius 3 is 2.19 bits per heavy atom. The number of nitro groups is 1. The zero-order chi connectivity index (χ0) is 16.4. The van der Waals surface area contributed by atoms with Gasteiger partial charge in [0.15, 0.2) is 0 Å². The van der Waals surface area contributed by atoms with E-state index in [9.17, 15) is 14.9 Å². The summed E-state index contributed by atoms with van der Waals surface area (Å²) in [5.74, 6) is -0.961. The number of nitrogens with zero attached hydrogens (tertiary/aromatic N) is 1. The number of carboxylic acids is 1. The van der Waals surface area contributed by atoms with Crippen molar-refractivity contribution in [1.82, 2.24) is 0 Å². The number of non-ortho nitro benzene ring substituents is 1. The van der Waals surface area contributed by atoms with Crippen LogP contribution in [0, 0.1) is 15.5 Å². The van der Waals surface area contributed by atoms with Crippen LogP contribution < -0.4 is 5.32 Å². The molecular formula is C13H16Cl2N2O4. The molecule has 1 aromatic carbocycles. The molecule has 0 aliphatic heterocycles. The summed E-state index contributed by atoms with van der Waals surface area (Å²) in [5.41, 5.74) is -0.293. The summed E-state index contributed by atoms with van der Waals surface area (Å²) in [6, 6.07) is 1.92. The predicted octanol–water partition coefficient (Wildman–Crippen LogP) is 4.20. The SMILES string of the molecule is CC(C)(C)C(CC(=O)O)Nc1c(Cl)cc([N+](=O)[O-])cc1Cl. The van der Waals surface area contributed by atoms with Crippen LogP contribution in [0.1, 0.15) is 27.2 Å². The Labute approximate surface area is 132 Å². The van der Waals surface area contributed by atoms with Crippen LogP contribution in [0.25, 0.3) is 0 Å². The van der Waals surface area contributed by atoms with Gasteiger partial charge in [-0.25, -0.2) is 0 Å². The summed E-state index contributed by atoms with van der Waals surface area (Å²) in [5, 5.41) is 22.9. The summed E-state index contributed by atoms with van der Waals surface area (Å²) in [6.45, 7) is 5.63. The standard InChI is InChI=1S/C13H16Cl2N2O4/c1-13(2,3)10(6-11(18)19)16-12-8(14)4-7(17(20)21)5-9(12)15/h4-5,10,16H,6H2,1-3H3,(H,18,19). The fourth-order valence-electron chi connectivity index (χ4n) is 1.73. The Morgan fingerprint density at radius 2 is 1.86 bits per heavy atom. The van der Waals surface area contributed by atoms with Gasteiger partial charge in [0.05, 0.1) is 27.1 Å². The second-order valence-corrected chi connectivity index (χ2v) is 6.52. The van der Waals surface area contributed by atoms with E-state index in [4.69, 9.17) is 28.3 Å². The number of carbonyl (C=O) groups is 1. The Morgan fingerprint density at radius 1 is 1.38 bits per heavy atom. The van der Waals surface area contributed by atoms with Gasteiger partial charge in [-0.1, -0.05) is 44.0 Å². The van der Waals surface area contributed by atoms with E-state index in [-0.39, 0.29) is 27.6 Å². The van der Waals surface area contributed by atoms with Gasteiger partial charge in [-0.05, 0) is 5.41 Å². The lowest BCUT2D eigenvalue weighted by Gasteiger charge is -2.31. The van der Waals surface area contributed by atoms with Crippen LogP contribution in [0.5, 0.6) is 0 Å². The Bertz CT molecular complexity index is 547. The van der Waals surface area contributed by atoms with Gasteiger partial charge in [-0.3, -0.25) is 14.9 Å². The van der Waals surface area contributed by atoms with Gasteiger partial charge in [0.25, 0.3) is 5.69 Å². The largest absolute Gasteiger partial charge is 0.481 e. The number of halogens is 2. The van der Waals surface area contributed by atoms with Gasteiger partial charge in [-0.15, -0.1) is 0 Å². The molecular weight excluding hydrogens is 319 g/mol. The molecule has 0 amide bonds. The summed E-state index contributed by atoms with van der Waals surface area (Å²) < 4.78 is 0. The number of anilines is 1. The average molecular weight is 335 g/mol. The molecule has 6 nitrogen and oxygen atoms in total. The molecule has 0 aliphatic carbocycles. The van der Waals surface area contributed by atoms with Gasteiger partial charge >= 0.3 is 5.97 Å². The lowest BCUT2D eigenvalue weighted by molar-refractivity contribution is -0.384. The summed E-state index contributed by atoms with van der Waals surface area (Å²) in [7, 11) is 0. The summed E-state index contributed by atoms with van der Waals surface area (Å²) in [4.78, 5) is 21.1. The Balaban J connectivity index is 3.15. The van der Waals surface area contributed by atoms with E-state index in [1.807, 2.05) is 20.8 Å². The highest BCUT2D eigenvalue weighted by Crippen LogP contribution is 2.37. The van der Waals surface area contributed by atoms with Crippen molar-refractivity contribution in [3.8, 4) is 0 Å². The first kappa shape index (κ1) is 17.5. The molecule has 2 N–H and O–H groups in total. The molecule has 0 spiro atoms. The molecule has 0 fully saturated rings. The number of rotatable bonds is 5. The molecule has 0 bridgehead atoms. The molecule has 1 unspecified atom stereocenters. The van der Waals surface area contributed by atoms with Crippen LogP contribution in [0.4, 0.5) is 11.4 Å². The minimum Gasteiger partial charge on any atom is -0.481 e. The first-order valence-electron chi connectivity index (χ1n) is 6.14. The highest BCUT2D eigenvalue weighted by molar-refractivity contribution is 6.39. The van der Waals surface area contributed by atoms with Crippen LogP contribution in [0.2, 0.25) is 10.0 Å². The molecule has 0 aliphatic rings. The van der Waals surface area contributed by atoms with Gasteiger partial charge in [0.1, 0.15) is 0 Å². The number of carboxylic acid groups (broad SMARTS) is 1. The molecule has 1 atom stereocenters. The number of benzene rings is 1. The molecule has 8 heteroatoms. The van der Waals surface area contributed by atoms with E-state index >= 15 is 0 Å². The van der Waals surface area contributed by atoms with Crippen molar-refractivity contribution >= 4 is 40.5 Å². The van der Waals surface area contributed by atoms with Crippen molar-refractivity contribution in [2.75, 3.05) is 5.32 Å². The first-order chi connectivity index (χ1) is 9.52. The van der Waals surface area contributed by atoms with Crippen molar-refractivity contribution in [1.29, 1.82) is 0 Å². The second kappa shape index (κ2) is 6.49. The monoisotopic (exact) mass is 334 g/mol. The predicted molar refractivity (Wildman–Crippen MR) is 82.2 cm³/mol. The zero-order valence-electron chi connectivity index (χ0n) is 11.8. The maximum Gasteiger partial charge on any atom is 0.305 e. The van der Waals surface area contributed by atoms with Crippen LogP contribution in [-0.4, -0.2) is 22.0 Å². The Hall–Kier alpha value is -1.53. The van der Waals surface area contributed by atoms with E-state index in [0.717, 1.165) is 0 Å². The van der Waals surface area contributed by atoms with Crippen molar-refractivity contribution < 1.29 is 14.8 Å². The third kappa shape index (κ3) is 4.75. The molecule has 1 aromatic rings. The Kier molecular flexibility index (Phi) is 5.42. The molecule has 0 heterocycles. The minimum atomic E-state index is -0.961. The van der Waals surface area contributed by atoms with Gasteiger partial charge < -0.3 is 10.4 Å². The first-order valence-corrected chi connectivity index (χ1v) is 6.89. The molecule has 21 heavy (non-hydrogen) atoms. The maximum absolute atomic E-state index is 11.0. The number of nitro benzene ring substituents is 1. The molecule has 116 valence electrons. The van der Waals surface area contributed by atoms with E-state index < -0.39 is 16.9 Å². The number of aliphatic carboxylic acids is 1. The molecule has 0 aromatic heterocycles. The van der Waals surface area contributed by atoms with E-state index in [1.54, 1.807) is 0 Å². The maximum atomic E-state index is 11.0. The second-order valence-electron chi connectivity index (χ2n) is 5.70. The normalized spacial score (nSPS) is 12.8. The van der Waals surface area contributed by atoms with Crippen molar-refractivity contribution in [2.24, 2.45) is 5.41 Å². The number of nitrogens with one attached hydrogen (secondary N) is 1. The molecule has 0 radical (unpaired) electrons. The average Bonchev–Trinajstić information content (AvgIpc) is 2.29. The quantitative estimate of drug-likeness (QED) is 0.621. The van der Waals surface area contributed by atoms with Crippen LogP contribution in [0.15, 0.2) is 12.1 Å². The zero-order valence-corrected chi connectivity index (χ0v) is 13.3. The molecule has 0 saturated carbocycles.